The highest BCUT2D eigenvalue weighted by atomic mass is 35.5. The Kier molecular flexibility index (Phi) is 10.0. The smallest absolute Gasteiger partial charge is 0.325 e. The number of esters is 1. The van der Waals surface area contributed by atoms with Gasteiger partial charge in [-0.05, 0) is 69.2 Å². The van der Waals surface area contributed by atoms with E-state index >= 15 is 0 Å². The third kappa shape index (κ3) is 6.79. The molecule has 0 radical (unpaired) electrons. The summed E-state index contributed by atoms with van der Waals surface area (Å²) in [4.78, 5) is 32.5. The first-order valence-corrected chi connectivity index (χ1v) is 13.2. The molecule has 1 aliphatic carbocycles. The number of fused-ring (bicyclic) bond motifs is 1. The largest absolute Gasteiger partial charge is 0.463 e. The highest BCUT2D eigenvalue weighted by Gasteiger charge is 2.41. The minimum Gasteiger partial charge on any atom is -0.463 e. The highest BCUT2D eigenvalue weighted by Crippen LogP contribution is 2.34. The molecule has 0 spiro atoms. The van der Waals surface area contributed by atoms with E-state index in [1.54, 1.807) is 0 Å². The maximum Gasteiger partial charge on any atom is 0.325 e. The van der Waals surface area contributed by atoms with E-state index in [1.165, 1.54) is 30.4 Å². The fraction of sp³-hybridized carbons (Fsp3) is 0.643. The van der Waals surface area contributed by atoms with Gasteiger partial charge in [-0.15, -0.1) is 19.0 Å². The van der Waals surface area contributed by atoms with Crippen molar-refractivity contribution in [1.82, 2.24) is 9.80 Å². The van der Waals surface area contributed by atoms with E-state index in [1.807, 2.05) is 24.8 Å². The Bertz CT molecular complexity index is 884. The normalized spacial score (nSPS) is 21.5. The minimum atomic E-state index is -0.178. The Morgan fingerprint density at radius 1 is 1.14 bits per heavy atom. The lowest BCUT2D eigenvalue weighted by Gasteiger charge is -2.30. The molecule has 2 heterocycles. The molecule has 1 atom stereocenters. The molecule has 0 bridgehead atoms. The molecule has 3 aliphatic rings. The van der Waals surface area contributed by atoms with Crippen LogP contribution in [0.1, 0.15) is 69.9 Å². The van der Waals surface area contributed by atoms with Crippen molar-refractivity contribution in [2.24, 2.45) is 0 Å². The molecular formula is C28H42ClN3O3. The number of carbonyl (C=O) groups is 2. The standard InChI is InChI=1S/C28H41N3O3.ClH/c1-4-16-29-17-14-22-10-11-25(19-23(22)15-18-29)31-26(12-13-27(32)34-21(2)3)20-30(28(31)33)24-8-6-5-7-9-24;/h4,10-11,19,21,24,26H,1,5-9,12-18,20H2,2-3H3;1H. The number of rotatable bonds is 8. The third-order valence-corrected chi connectivity index (χ3v) is 7.54. The SMILES string of the molecule is C=CCN1CCc2ccc(N3C(=O)N(C4CCCCC4)CC3CCC(=O)OC(C)C)cc2CC1.Cl. The average molecular weight is 504 g/mol. The van der Waals surface area contributed by atoms with Gasteiger partial charge in [0.15, 0.2) is 0 Å². The number of anilines is 1. The maximum absolute atomic E-state index is 13.7. The molecule has 0 N–H and O–H groups in total. The second-order valence-corrected chi connectivity index (χ2v) is 10.4. The van der Waals surface area contributed by atoms with Crippen molar-refractivity contribution in [2.75, 3.05) is 31.1 Å². The molecule has 7 heteroatoms. The van der Waals surface area contributed by atoms with Crippen LogP contribution >= 0.6 is 12.4 Å². The number of benzene rings is 1. The number of nitrogens with zero attached hydrogens (tertiary/aromatic N) is 3. The molecule has 6 nitrogen and oxygen atoms in total. The molecule has 194 valence electrons. The van der Waals surface area contributed by atoms with Crippen LogP contribution in [0, 0.1) is 0 Å². The van der Waals surface area contributed by atoms with Crippen LogP contribution in [0.15, 0.2) is 30.9 Å². The molecular weight excluding hydrogens is 462 g/mol. The molecule has 0 aromatic heterocycles. The molecule has 2 amide bonds. The first kappa shape index (κ1) is 27.5. The zero-order valence-corrected chi connectivity index (χ0v) is 22.2. The number of halogens is 1. The quantitative estimate of drug-likeness (QED) is 0.353. The predicted molar refractivity (Wildman–Crippen MR) is 143 cm³/mol. The van der Waals surface area contributed by atoms with Gasteiger partial charge in [-0.1, -0.05) is 31.4 Å². The summed E-state index contributed by atoms with van der Waals surface area (Å²) in [5, 5.41) is 0. The van der Waals surface area contributed by atoms with E-state index in [9.17, 15) is 9.59 Å². The number of ether oxygens (including phenoxy) is 1. The van der Waals surface area contributed by atoms with Gasteiger partial charge in [0.2, 0.25) is 0 Å². The predicted octanol–water partition coefficient (Wildman–Crippen LogP) is 5.37. The van der Waals surface area contributed by atoms with Crippen molar-refractivity contribution in [3.05, 3.63) is 42.0 Å². The van der Waals surface area contributed by atoms with E-state index < -0.39 is 0 Å². The van der Waals surface area contributed by atoms with Gasteiger partial charge in [-0.3, -0.25) is 14.6 Å². The lowest BCUT2D eigenvalue weighted by atomic mass is 9.94. The summed E-state index contributed by atoms with van der Waals surface area (Å²) in [6, 6.07) is 6.98. The Labute approximate surface area is 217 Å². The fourth-order valence-corrected chi connectivity index (χ4v) is 5.80. The van der Waals surface area contributed by atoms with Crippen molar-refractivity contribution in [3.63, 3.8) is 0 Å². The summed E-state index contributed by atoms with van der Waals surface area (Å²) in [7, 11) is 0. The van der Waals surface area contributed by atoms with Gasteiger partial charge in [0.1, 0.15) is 0 Å². The van der Waals surface area contributed by atoms with E-state index in [0.29, 0.717) is 25.4 Å². The first-order chi connectivity index (χ1) is 16.5. The second-order valence-electron chi connectivity index (χ2n) is 10.4. The van der Waals surface area contributed by atoms with Gasteiger partial charge in [0.25, 0.3) is 0 Å². The van der Waals surface area contributed by atoms with Crippen molar-refractivity contribution in [2.45, 2.75) is 89.8 Å². The minimum absolute atomic E-state index is 0. The van der Waals surface area contributed by atoms with Crippen molar-refractivity contribution < 1.29 is 14.3 Å². The van der Waals surface area contributed by atoms with E-state index in [-0.39, 0.29) is 36.6 Å². The van der Waals surface area contributed by atoms with Crippen LogP contribution in [0.5, 0.6) is 0 Å². The number of carbonyl (C=O) groups excluding carboxylic acids is 2. The van der Waals surface area contributed by atoms with Crippen LogP contribution in [-0.4, -0.2) is 66.2 Å². The van der Waals surface area contributed by atoms with Crippen LogP contribution in [0.2, 0.25) is 0 Å². The lowest BCUT2D eigenvalue weighted by molar-refractivity contribution is -0.147. The Hall–Kier alpha value is -2.05. The summed E-state index contributed by atoms with van der Waals surface area (Å²) in [6.07, 6.45) is 10.7. The van der Waals surface area contributed by atoms with Gasteiger partial charge in [0, 0.05) is 44.3 Å². The van der Waals surface area contributed by atoms with Gasteiger partial charge in [0.05, 0.1) is 12.1 Å². The van der Waals surface area contributed by atoms with Crippen LogP contribution in [0.25, 0.3) is 0 Å². The first-order valence-electron chi connectivity index (χ1n) is 13.2. The number of hydrogen-bond donors (Lipinski definition) is 0. The topological polar surface area (TPSA) is 53.1 Å². The summed E-state index contributed by atoms with van der Waals surface area (Å²) in [5.41, 5.74) is 3.69. The van der Waals surface area contributed by atoms with E-state index in [2.05, 4.69) is 34.6 Å². The Morgan fingerprint density at radius 3 is 2.54 bits per heavy atom. The van der Waals surface area contributed by atoms with Crippen molar-refractivity contribution in [1.29, 1.82) is 0 Å². The third-order valence-electron chi connectivity index (χ3n) is 7.54. The van der Waals surface area contributed by atoms with Crippen LogP contribution in [-0.2, 0) is 22.4 Å². The van der Waals surface area contributed by atoms with Gasteiger partial charge < -0.3 is 9.64 Å². The molecule has 4 rings (SSSR count). The van der Waals surface area contributed by atoms with Crippen LogP contribution < -0.4 is 4.90 Å². The second kappa shape index (κ2) is 12.8. The van der Waals surface area contributed by atoms with Crippen molar-refractivity contribution in [3.8, 4) is 0 Å². The lowest BCUT2D eigenvalue weighted by Crippen LogP contribution is -2.40. The van der Waals surface area contributed by atoms with Gasteiger partial charge in [-0.2, -0.15) is 0 Å². The van der Waals surface area contributed by atoms with Gasteiger partial charge in [-0.25, -0.2) is 4.79 Å². The number of urea groups is 1. The molecule has 1 unspecified atom stereocenters. The molecule has 2 fully saturated rings. The molecule has 1 aromatic carbocycles. The summed E-state index contributed by atoms with van der Waals surface area (Å²) >= 11 is 0. The molecule has 35 heavy (non-hydrogen) atoms. The van der Waals surface area contributed by atoms with Crippen LogP contribution in [0.4, 0.5) is 10.5 Å². The average Bonchev–Trinajstić information content (AvgIpc) is 3.02. The van der Waals surface area contributed by atoms with Gasteiger partial charge >= 0.3 is 12.0 Å². The monoisotopic (exact) mass is 503 g/mol. The molecule has 1 saturated heterocycles. The number of hydrogen-bond acceptors (Lipinski definition) is 4. The summed E-state index contributed by atoms with van der Waals surface area (Å²) < 4.78 is 5.37. The fourth-order valence-electron chi connectivity index (χ4n) is 5.80. The van der Waals surface area contributed by atoms with Crippen molar-refractivity contribution >= 4 is 30.1 Å². The van der Waals surface area contributed by atoms with E-state index in [4.69, 9.17) is 4.74 Å². The molecule has 1 aromatic rings. The zero-order valence-electron chi connectivity index (χ0n) is 21.4. The Morgan fingerprint density at radius 2 is 1.86 bits per heavy atom. The molecule has 2 aliphatic heterocycles. The highest BCUT2D eigenvalue weighted by molar-refractivity contribution is 5.95. The Balaban J connectivity index is 0.00000342. The summed E-state index contributed by atoms with van der Waals surface area (Å²) in [5.74, 6) is -0.178. The zero-order chi connectivity index (χ0) is 24.1. The van der Waals surface area contributed by atoms with E-state index in [0.717, 1.165) is 51.0 Å². The van der Waals surface area contributed by atoms with Crippen LogP contribution in [0.3, 0.4) is 0 Å². The number of amides is 2. The summed E-state index contributed by atoms with van der Waals surface area (Å²) in [6.45, 7) is 11.3. The molecule has 1 saturated carbocycles. The maximum atomic E-state index is 13.7.